The summed E-state index contributed by atoms with van der Waals surface area (Å²) in [4.78, 5) is 27.0. The third-order valence-corrected chi connectivity index (χ3v) is 4.78. The maximum atomic E-state index is 12.3. The lowest BCUT2D eigenvalue weighted by molar-refractivity contribution is -0.128. The number of thiophene rings is 1. The van der Waals surface area contributed by atoms with E-state index in [9.17, 15) is 9.59 Å². The molecule has 0 saturated carbocycles. The van der Waals surface area contributed by atoms with Crippen molar-refractivity contribution in [2.24, 2.45) is 0 Å². The van der Waals surface area contributed by atoms with Gasteiger partial charge >= 0.3 is 0 Å². The number of anilines is 1. The van der Waals surface area contributed by atoms with E-state index in [1.807, 2.05) is 29.6 Å². The monoisotopic (exact) mass is 468 g/mol. The number of fused-ring (bicyclic) bond motifs is 1. The minimum absolute atomic E-state index is 0.00504. The van der Waals surface area contributed by atoms with Crippen LogP contribution in [0.5, 0.6) is 5.75 Å². The SMILES string of the molecule is C=C=C=C.C=C=C=C=C=C=C=C.CC1Oc2ccccc2N(CC(=O)NCc2cccs2)C1=O. The van der Waals surface area contributed by atoms with Crippen LogP contribution in [0.25, 0.3) is 0 Å². The van der Waals surface area contributed by atoms with Crippen molar-refractivity contribution in [2.75, 3.05) is 11.4 Å². The topological polar surface area (TPSA) is 58.6 Å². The Hall–Kier alpha value is -4.62. The Balaban J connectivity index is 0.000000403. The number of para-hydroxylation sites is 2. The van der Waals surface area contributed by atoms with Crippen LogP contribution in [0.15, 0.2) is 114 Å². The second-order valence-corrected chi connectivity index (χ2v) is 7.25. The summed E-state index contributed by atoms with van der Waals surface area (Å²) in [6.45, 7) is 15.0. The van der Waals surface area contributed by atoms with Gasteiger partial charge in [-0.2, -0.15) is 0 Å². The molecule has 2 heterocycles. The number of hydrogen-bond acceptors (Lipinski definition) is 4. The summed E-state index contributed by atoms with van der Waals surface area (Å²) < 4.78 is 5.55. The summed E-state index contributed by atoms with van der Waals surface area (Å²) in [5, 5.41) is 4.80. The van der Waals surface area contributed by atoms with Crippen molar-refractivity contribution in [1.82, 2.24) is 5.32 Å². The standard InChI is InChI=1S/C16H16N2O3S.C8H4.C4H4/c1-11-16(20)18(13-6-2-3-7-14(13)21-11)10-15(19)17-9-12-5-4-8-22-12;1-3-5-7-8-6-4-2;1-3-4-2/h2-8,11H,9-10H2,1H3,(H,17,19);1-2H2;1-2H2. The summed E-state index contributed by atoms with van der Waals surface area (Å²) in [6.07, 6.45) is -0.583. The highest BCUT2D eigenvalue weighted by atomic mass is 32.1. The summed E-state index contributed by atoms with van der Waals surface area (Å²) in [5.74, 6) is 0.233. The second kappa shape index (κ2) is 16.1. The van der Waals surface area contributed by atoms with Crippen LogP contribution in [0.2, 0.25) is 0 Å². The molecule has 170 valence electrons. The first-order valence-corrected chi connectivity index (χ1v) is 10.8. The fraction of sp³-hybridized carbons (Fsp3) is 0.143. The number of rotatable bonds is 4. The normalized spacial score (nSPS) is 12.1. The first kappa shape index (κ1) is 27.4. The van der Waals surface area contributed by atoms with Gasteiger partial charge < -0.3 is 10.1 Å². The molecule has 1 atom stereocenters. The fourth-order valence-corrected chi connectivity index (χ4v) is 3.12. The Labute approximate surface area is 204 Å². The predicted octanol–water partition coefficient (Wildman–Crippen LogP) is 5.02. The van der Waals surface area contributed by atoms with E-state index in [1.165, 1.54) is 4.90 Å². The zero-order chi connectivity index (χ0) is 25.2. The van der Waals surface area contributed by atoms with E-state index < -0.39 is 6.10 Å². The van der Waals surface area contributed by atoms with Crippen molar-refractivity contribution < 1.29 is 14.3 Å². The van der Waals surface area contributed by atoms with Crippen molar-refractivity contribution in [3.8, 4) is 5.75 Å². The van der Waals surface area contributed by atoms with Crippen LogP contribution < -0.4 is 15.0 Å². The Kier molecular flexibility index (Phi) is 13.0. The summed E-state index contributed by atoms with van der Waals surface area (Å²) in [6, 6.07) is 11.1. The number of amides is 2. The summed E-state index contributed by atoms with van der Waals surface area (Å²) >= 11 is 1.59. The molecule has 1 aromatic carbocycles. The largest absolute Gasteiger partial charge is 0.479 e. The second-order valence-electron chi connectivity index (χ2n) is 6.22. The van der Waals surface area contributed by atoms with Crippen molar-refractivity contribution >= 4 is 28.8 Å². The zero-order valence-electron chi connectivity index (χ0n) is 18.9. The number of ether oxygens (including phenoxy) is 1. The number of hydrogen-bond donors (Lipinski definition) is 1. The van der Waals surface area contributed by atoms with E-state index in [4.69, 9.17) is 4.74 Å². The molecule has 3 rings (SSSR count). The van der Waals surface area contributed by atoms with Crippen LogP contribution in [-0.2, 0) is 16.1 Å². The van der Waals surface area contributed by atoms with Gasteiger partial charge in [0, 0.05) is 4.88 Å². The van der Waals surface area contributed by atoms with Crippen molar-refractivity contribution in [2.45, 2.75) is 19.6 Å². The quantitative estimate of drug-likeness (QED) is 0.641. The van der Waals surface area contributed by atoms with Crippen LogP contribution in [0.3, 0.4) is 0 Å². The highest BCUT2D eigenvalue weighted by Crippen LogP contribution is 2.33. The van der Waals surface area contributed by atoms with Crippen LogP contribution in [0.4, 0.5) is 5.69 Å². The molecule has 2 aromatic rings. The van der Waals surface area contributed by atoms with Crippen LogP contribution in [-0.4, -0.2) is 24.5 Å². The Bertz CT molecular complexity index is 1240. The number of benzene rings is 1. The van der Waals surface area contributed by atoms with E-state index >= 15 is 0 Å². The van der Waals surface area contributed by atoms with Gasteiger partial charge in [0.1, 0.15) is 12.3 Å². The lowest BCUT2D eigenvalue weighted by Gasteiger charge is -2.32. The van der Waals surface area contributed by atoms with Gasteiger partial charge in [-0.25, -0.2) is 0 Å². The number of carbonyl (C=O) groups excluding carboxylic acids is 2. The van der Waals surface area contributed by atoms with Gasteiger partial charge in [-0.15, -0.1) is 11.3 Å². The van der Waals surface area contributed by atoms with Gasteiger partial charge in [0.05, 0.1) is 12.2 Å². The third kappa shape index (κ3) is 9.67. The van der Waals surface area contributed by atoms with E-state index in [2.05, 4.69) is 77.5 Å². The molecule has 1 N–H and O–H groups in total. The molecule has 5 nitrogen and oxygen atoms in total. The van der Waals surface area contributed by atoms with Crippen LogP contribution in [0, 0.1) is 0 Å². The lowest BCUT2D eigenvalue weighted by atomic mass is 10.2. The fourth-order valence-electron chi connectivity index (χ4n) is 2.47. The molecular weight excluding hydrogens is 444 g/mol. The Morgan fingerprint density at radius 2 is 1.65 bits per heavy atom. The molecule has 0 bridgehead atoms. The molecule has 0 fully saturated rings. The molecule has 0 aliphatic carbocycles. The maximum Gasteiger partial charge on any atom is 0.268 e. The molecule has 6 heteroatoms. The molecular formula is C28H24N2O3S. The Morgan fingerprint density at radius 3 is 2.21 bits per heavy atom. The highest BCUT2D eigenvalue weighted by molar-refractivity contribution is 7.09. The molecule has 0 spiro atoms. The molecule has 1 aromatic heterocycles. The van der Waals surface area contributed by atoms with Crippen LogP contribution in [0.1, 0.15) is 11.8 Å². The average molecular weight is 469 g/mol. The van der Waals surface area contributed by atoms with Crippen molar-refractivity contribution in [3.05, 3.63) is 119 Å². The molecule has 1 unspecified atom stereocenters. The number of nitrogens with zero attached hydrogens (tertiary/aromatic N) is 1. The van der Waals surface area contributed by atoms with Crippen molar-refractivity contribution in [3.63, 3.8) is 0 Å². The van der Waals surface area contributed by atoms with E-state index in [1.54, 1.807) is 30.4 Å². The number of carbonyl (C=O) groups is 2. The molecule has 0 radical (unpaired) electrons. The van der Waals surface area contributed by atoms with E-state index in [0.29, 0.717) is 18.0 Å². The lowest BCUT2D eigenvalue weighted by Crippen LogP contribution is -2.48. The van der Waals surface area contributed by atoms with Gasteiger partial charge in [-0.3, -0.25) is 14.5 Å². The predicted molar refractivity (Wildman–Crippen MR) is 136 cm³/mol. The summed E-state index contributed by atoms with van der Waals surface area (Å²) in [7, 11) is 0. The van der Waals surface area contributed by atoms with E-state index in [0.717, 1.165) is 4.88 Å². The molecule has 1 aliphatic rings. The minimum Gasteiger partial charge on any atom is -0.479 e. The average Bonchev–Trinajstić information content (AvgIpc) is 3.38. The first-order chi connectivity index (χ1) is 16.5. The van der Waals surface area contributed by atoms with Crippen molar-refractivity contribution in [1.29, 1.82) is 0 Å². The third-order valence-electron chi connectivity index (χ3n) is 3.90. The highest BCUT2D eigenvalue weighted by Gasteiger charge is 2.32. The van der Waals surface area contributed by atoms with E-state index in [-0.39, 0.29) is 18.4 Å². The minimum atomic E-state index is -0.583. The van der Waals surface area contributed by atoms with Gasteiger partial charge in [-0.1, -0.05) is 41.1 Å². The number of nitrogens with one attached hydrogen (secondary N) is 1. The van der Waals surface area contributed by atoms with Gasteiger partial charge in [0.2, 0.25) is 5.91 Å². The molecule has 34 heavy (non-hydrogen) atoms. The molecule has 0 saturated heterocycles. The molecule has 1 aliphatic heterocycles. The molecule has 2 amide bonds. The van der Waals surface area contributed by atoms with Gasteiger partial charge in [-0.05, 0) is 79.7 Å². The smallest absolute Gasteiger partial charge is 0.268 e. The van der Waals surface area contributed by atoms with Gasteiger partial charge in [0.25, 0.3) is 5.91 Å². The first-order valence-electron chi connectivity index (χ1n) is 9.92. The maximum absolute atomic E-state index is 12.3. The zero-order valence-corrected chi connectivity index (χ0v) is 19.8. The summed E-state index contributed by atoms with van der Waals surface area (Å²) in [5.41, 5.74) is 19.8. The van der Waals surface area contributed by atoms with Crippen LogP contribution >= 0.6 is 11.3 Å². The van der Waals surface area contributed by atoms with Gasteiger partial charge in [0.15, 0.2) is 6.10 Å². The Morgan fingerprint density at radius 1 is 1.00 bits per heavy atom.